The average Bonchev–Trinajstić information content (AvgIpc) is 2.63. The molecule has 3 atom stereocenters. The topological polar surface area (TPSA) is 37.3 Å². The van der Waals surface area contributed by atoms with Crippen molar-refractivity contribution in [3.8, 4) is 0 Å². The van der Waals surface area contributed by atoms with E-state index in [9.17, 15) is 4.79 Å². The van der Waals surface area contributed by atoms with E-state index in [2.05, 4.69) is 0 Å². The van der Waals surface area contributed by atoms with E-state index < -0.39 is 5.97 Å². The SMILES string of the molecule is O=C(O)[C@@H]1CC[C@@H]2C[C@H]2C1. The molecular weight excluding hydrogens is 128 g/mol. The van der Waals surface area contributed by atoms with Crippen LogP contribution in [0.1, 0.15) is 25.7 Å². The van der Waals surface area contributed by atoms with Crippen LogP contribution in [-0.2, 0) is 4.79 Å². The molecule has 56 valence electrons. The molecule has 2 nitrogen and oxygen atoms in total. The van der Waals surface area contributed by atoms with Gasteiger partial charge in [0, 0.05) is 0 Å². The molecule has 2 fully saturated rings. The lowest BCUT2D eigenvalue weighted by Gasteiger charge is -2.15. The first-order chi connectivity index (χ1) is 4.77. The Hall–Kier alpha value is -0.530. The molecule has 0 aromatic carbocycles. The number of hydrogen-bond acceptors (Lipinski definition) is 1. The van der Waals surface area contributed by atoms with Crippen LogP contribution in [-0.4, -0.2) is 11.1 Å². The van der Waals surface area contributed by atoms with Crippen molar-refractivity contribution in [3.63, 3.8) is 0 Å². The van der Waals surface area contributed by atoms with Crippen molar-refractivity contribution in [1.29, 1.82) is 0 Å². The Balaban J connectivity index is 1.94. The Kier molecular flexibility index (Phi) is 1.22. The predicted octanol–water partition coefficient (Wildman–Crippen LogP) is 1.51. The average molecular weight is 140 g/mol. The van der Waals surface area contributed by atoms with Crippen LogP contribution in [0.4, 0.5) is 0 Å². The zero-order valence-corrected chi connectivity index (χ0v) is 5.92. The standard InChI is InChI=1S/C8H12O2/c9-8(10)6-2-1-5-3-7(5)4-6/h5-7H,1-4H2,(H,9,10)/t5-,6-,7+/m1/s1. The van der Waals surface area contributed by atoms with Gasteiger partial charge in [-0.05, 0) is 37.5 Å². The van der Waals surface area contributed by atoms with E-state index in [0.29, 0.717) is 0 Å². The zero-order chi connectivity index (χ0) is 7.14. The van der Waals surface area contributed by atoms with Gasteiger partial charge in [-0.25, -0.2) is 0 Å². The van der Waals surface area contributed by atoms with E-state index in [1.165, 1.54) is 12.8 Å². The molecular formula is C8H12O2. The largest absolute Gasteiger partial charge is 0.481 e. The Morgan fingerprint density at radius 2 is 2.00 bits per heavy atom. The normalized spacial score (nSPS) is 44.2. The molecule has 0 saturated heterocycles. The Morgan fingerprint density at radius 3 is 2.60 bits per heavy atom. The Bertz CT molecular complexity index is 165. The maximum absolute atomic E-state index is 10.5. The number of fused-ring (bicyclic) bond motifs is 1. The molecule has 0 amide bonds. The van der Waals surface area contributed by atoms with Gasteiger partial charge in [0.2, 0.25) is 0 Å². The van der Waals surface area contributed by atoms with Crippen LogP contribution < -0.4 is 0 Å². The minimum atomic E-state index is -0.578. The minimum absolute atomic E-state index is 0.0104. The van der Waals surface area contributed by atoms with Gasteiger partial charge in [-0.2, -0.15) is 0 Å². The highest BCUT2D eigenvalue weighted by atomic mass is 16.4. The summed E-state index contributed by atoms with van der Waals surface area (Å²) in [5.41, 5.74) is 0. The fourth-order valence-electron chi connectivity index (χ4n) is 2.08. The van der Waals surface area contributed by atoms with E-state index in [4.69, 9.17) is 5.11 Å². The first-order valence-corrected chi connectivity index (χ1v) is 4.00. The second-order valence-electron chi connectivity index (χ2n) is 3.60. The minimum Gasteiger partial charge on any atom is -0.481 e. The molecule has 10 heavy (non-hydrogen) atoms. The van der Waals surface area contributed by atoms with Crippen LogP contribution in [0.3, 0.4) is 0 Å². The third-order valence-electron chi connectivity index (χ3n) is 2.89. The van der Waals surface area contributed by atoms with Crippen LogP contribution in [0.25, 0.3) is 0 Å². The van der Waals surface area contributed by atoms with Crippen molar-refractivity contribution in [2.45, 2.75) is 25.7 Å². The van der Waals surface area contributed by atoms with E-state index in [0.717, 1.165) is 24.7 Å². The Morgan fingerprint density at radius 1 is 1.20 bits per heavy atom. The van der Waals surface area contributed by atoms with E-state index in [-0.39, 0.29) is 5.92 Å². The van der Waals surface area contributed by atoms with E-state index >= 15 is 0 Å². The third kappa shape index (κ3) is 0.917. The smallest absolute Gasteiger partial charge is 0.306 e. The number of aliphatic carboxylic acids is 1. The fourth-order valence-corrected chi connectivity index (χ4v) is 2.08. The number of rotatable bonds is 1. The van der Waals surface area contributed by atoms with Gasteiger partial charge in [0.05, 0.1) is 5.92 Å². The van der Waals surface area contributed by atoms with Crippen molar-refractivity contribution in [2.75, 3.05) is 0 Å². The lowest BCUT2D eigenvalue weighted by Crippen LogP contribution is -2.17. The second kappa shape index (κ2) is 1.97. The van der Waals surface area contributed by atoms with E-state index in [1.54, 1.807) is 0 Å². The highest BCUT2D eigenvalue weighted by molar-refractivity contribution is 5.70. The molecule has 2 aliphatic rings. The van der Waals surface area contributed by atoms with Gasteiger partial charge in [0.15, 0.2) is 0 Å². The molecule has 2 rings (SSSR count). The number of carboxylic acids is 1. The van der Waals surface area contributed by atoms with Gasteiger partial charge < -0.3 is 5.11 Å². The molecule has 2 saturated carbocycles. The van der Waals surface area contributed by atoms with Crippen molar-refractivity contribution >= 4 is 5.97 Å². The summed E-state index contributed by atoms with van der Waals surface area (Å²) in [6, 6.07) is 0. The van der Waals surface area contributed by atoms with Crippen LogP contribution in [0, 0.1) is 17.8 Å². The summed E-state index contributed by atoms with van der Waals surface area (Å²) < 4.78 is 0. The van der Waals surface area contributed by atoms with E-state index in [1.807, 2.05) is 0 Å². The molecule has 0 aromatic heterocycles. The first kappa shape index (κ1) is 6.20. The van der Waals surface area contributed by atoms with Gasteiger partial charge in [-0.3, -0.25) is 4.79 Å². The number of carboxylic acid groups (broad SMARTS) is 1. The van der Waals surface area contributed by atoms with Crippen LogP contribution in [0.2, 0.25) is 0 Å². The molecule has 2 heteroatoms. The molecule has 0 aliphatic heterocycles. The highest BCUT2D eigenvalue weighted by Gasteiger charge is 2.43. The highest BCUT2D eigenvalue weighted by Crippen LogP contribution is 2.51. The van der Waals surface area contributed by atoms with Crippen LogP contribution >= 0.6 is 0 Å². The number of carbonyl (C=O) groups is 1. The summed E-state index contributed by atoms with van der Waals surface area (Å²) in [6.45, 7) is 0. The van der Waals surface area contributed by atoms with Gasteiger partial charge in [-0.1, -0.05) is 0 Å². The maximum atomic E-state index is 10.5. The second-order valence-corrected chi connectivity index (χ2v) is 3.60. The molecule has 0 bridgehead atoms. The number of hydrogen-bond donors (Lipinski definition) is 1. The Labute approximate surface area is 60.2 Å². The molecule has 0 aromatic rings. The first-order valence-electron chi connectivity index (χ1n) is 4.00. The lowest BCUT2D eigenvalue weighted by atomic mass is 9.89. The van der Waals surface area contributed by atoms with Crippen LogP contribution in [0.15, 0.2) is 0 Å². The van der Waals surface area contributed by atoms with Crippen molar-refractivity contribution in [2.24, 2.45) is 17.8 Å². The molecule has 1 N–H and O–H groups in total. The zero-order valence-electron chi connectivity index (χ0n) is 5.92. The predicted molar refractivity (Wildman–Crippen MR) is 36.6 cm³/mol. The van der Waals surface area contributed by atoms with Gasteiger partial charge >= 0.3 is 5.97 Å². The summed E-state index contributed by atoms with van der Waals surface area (Å²) >= 11 is 0. The quantitative estimate of drug-likeness (QED) is 0.599. The fraction of sp³-hybridized carbons (Fsp3) is 0.875. The maximum Gasteiger partial charge on any atom is 0.306 e. The summed E-state index contributed by atoms with van der Waals surface area (Å²) in [5.74, 6) is 1.11. The summed E-state index contributed by atoms with van der Waals surface area (Å²) in [5, 5.41) is 8.67. The lowest BCUT2D eigenvalue weighted by molar-refractivity contribution is -0.142. The summed E-state index contributed by atoms with van der Waals surface area (Å²) in [4.78, 5) is 10.5. The van der Waals surface area contributed by atoms with Crippen molar-refractivity contribution < 1.29 is 9.90 Å². The van der Waals surface area contributed by atoms with Gasteiger partial charge in [-0.15, -0.1) is 0 Å². The summed E-state index contributed by atoms with van der Waals surface area (Å²) in [7, 11) is 0. The monoisotopic (exact) mass is 140 g/mol. The van der Waals surface area contributed by atoms with Crippen LogP contribution in [0.5, 0.6) is 0 Å². The van der Waals surface area contributed by atoms with Gasteiger partial charge in [0.1, 0.15) is 0 Å². The molecule has 2 aliphatic carbocycles. The molecule has 0 heterocycles. The van der Waals surface area contributed by atoms with Crippen molar-refractivity contribution in [3.05, 3.63) is 0 Å². The van der Waals surface area contributed by atoms with Crippen molar-refractivity contribution in [1.82, 2.24) is 0 Å². The molecule has 0 radical (unpaired) electrons. The molecule has 0 unspecified atom stereocenters. The molecule has 0 spiro atoms. The van der Waals surface area contributed by atoms with Gasteiger partial charge in [0.25, 0.3) is 0 Å². The summed E-state index contributed by atoms with van der Waals surface area (Å²) in [6.07, 6.45) is 4.36. The third-order valence-corrected chi connectivity index (χ3v) is 2.89.